The second-order valence-corrected chi connectivity index (χ2v) is 7.80. The van der Waals surface area contributed by atoms with Crippen molar-refractivity contribution in [2.45, 2.75) is 26.8 Å². The van der Waals surface area contributed by atoms with Crippen LogP contribution < -0.4 is 14.8 Å². The van der Waals surface area contributed by atoms with Crippen molar-refractivity contribution in [2.75, 3.05) is 13.7 Å². The lowest BCUT2D eigenvalue weighted by Crippen LogP contribution is -2.27. The normalized spacial score (nSPS) is 11.9. The monoisotopic (exact) mass is 412 g/mol. The zero-order valence-electron chi connectivity index (χ0n) is 16.9. The maximum Gasteiger partial charge on any atom is 0.271 e. The average Bonchev–Trinajstić information content (AvgIpc) is 3.23. The molecule has 7 nitrogen and oxygen atoms in total. The summed E-state index contributed by atoms with van der Waals surface area (Å²) in [6, 6.07) is 5.45. The summed E-state index contributed by atoms with van der Waals surface area (Å²) in [6.45, 7) is 6.70. The van der Waals surface area contributed by atoms with Crippen molar-refractivity contribution >= 4 is 17.2 Å². The van der Waals surface area contributed by atoms with E-state index < -0.39 is 0 Å². The third-order valence-electron chi connectivity index (χ3n) is 4.13. The van der Waals surface area contributed by atoms with E-state index in [-0.39, 0.29) is 11.9 Å². The van der Waals surface area contributed by atoms with Crippen LogP contribution in [0.1, 0.15) is 42.9 Å². The summed E-state index contributed by atoms with van der Waals surface area (Å²) in [5, 5.41) is 5.35. The Kier molecular flexibility index (Phi) is 6.77. The van der Waals surface area contributed by atoms with E-state index in [0.717, 1.165) is 5.56 Å². The highest BCUT2D eigenvalue weighted by molar-refractivity contribution is 7.13. The molecule has 0 spiro atoms. The maximum absolute atomic E-state index is 12.6. The third kappa shape index (κ3) is 5.29. The SMILES string of the molecule is COc1cc(C(C)NC(=O)c2csc(-c3cnccn3)n2)ccc1OCC(C)C. The van der Waals surface area contributed by atoms with Gasteiger partial charge in [-0.3, -0.25) is 14.8 Å². The van der Waals surface area contributed by atoms with Gasteiger partial charge in [0, 0.05) is 17.8 Å². The Labute approximate surface area is 174 Å². The summed E-state index contributed by atoms with van der Waals surface area (Å²) >= 11 is 1.36. The summed E-state index contributed by atoms with van der Waals surface area (Å²) in [5.41, 5.74) is 1.91. The van der Waals surface area contributed by atoms with Gasteiger partial charge in [0.15, 0.2) is 11.5 Å². The molecule has 0 bridgehead atoms. The number of amides is 1. The van der Waals surface area contributed by atoms with Gasteiger partial charge in [0.05, 0.1) is 26.0 Å². The number of benzene rings is 1. The predicted octanol–water partition coefficient (Wildman–Crippen LogP) is 4.13. The Morgan fingerprint density at radius 2 is 2.03 bits per heavy atom. The molecule has 2 aromatic heterocycles. The molecule has 3 aromatic rings. The fourth-order valence-corrected chi connectivity index (χ4v) is 3.35. The molecule has 8 heteroatoms. The summed E-state index contributed by atoms with van der Waals surface area (Å²) in [4.78, 5) is 25.2. The van der Waals surface area contributed by atoms with Gasteiger partial charge in [-0.05, 0) is 30.5 Å². The molecule has 2 heterocycles. The van der Waals surface area contributed by atoms with Crippen molar-refractivity contribution in [2.24, 2.45) is 5.92 Å². The molecule has 0 fully saturated rings. The topological polar surface area (TPSA) is 86.2 Å². The second kappa shape index (κ2) is 9.47. The Hall–Kier alpha value is -3.00. The van der Waals surface area contributed by atoms with E-state index in [1.165, 1.54) is 11.3 Å². The first-order valence-corrected chi connectivity index (χ1v) is 10.2. The number of nitrogens with one attached hydrogen (secondary N) is 1. The van der Waals surface area contributed by atoms with E-state index in [1.54, 1.807) is 31.1 Å². The van der Waals surface area contributed by atoms with Crippen molar-refractivity contribution in [1.82, 2.24) is 20.3 Å². The minimum Gasteiger partial charge on any atom is -0.493 e. The zero-order chi connectivity index (χ0) is 20.8. The van der Waals surface area contributed by atoms with Crippen LogP contribution in [0.4, 0.5) is 0 Å². The maximum atomic E-state index is 12.6. The standard InChI is InChI=1S/C21H24N4O3S/c1-13(2)11-28-18-6-5-15(9-19(18)27-4)14(3)24-20(26)17-12-29-21(25-17)16-10-22-7-8-23-16/h5-10,12-14H,11H2,1-4H3,(H,24,26). The molecule has 3 rings (SSSR count). The zero-order valence-corrected chi connectivity index (χ0v) is 17.7. The largest absolute Gasteiger partial charge is 0.493 e. The summed E-state index contributed by atoms with van der Waals surface area (Å²) in [6.07, 6.45) is 4.82. The van der Waals surface area contributed by atoms with Gasteiger partial charge in [0.1, 0.15) is 16.4 Å². The minimum atomic E-state index is -0.247. The molecule has 0 aliphatic carbocycles. The first-order valence-electron chi connectivity index (χ1n) is 9.31. The van der Waals surface area contributed by atoms with Gasteiger partial charge in [-0.2, -0.15) is 0 Å². The number of rotatable bonds is 8. The van der Waals surface area contributed by atoms with Crippen LogP contribution in [-0.2, 0) is 0 Å². The van der Waals surface area contributed by atoms with E-state index >= 15 is 0 Å². The number of hydrogen-bond donors (Lipinski definition) is 1. The van der Waals surface area contributed by atoms with E-state index in [9.17, 15) is 4.79 Å². The molecule has 1 atom stereocenters. The van der Waals surface area contributed by atoms with Gasteiger partial charge in [-0.25, -0.2) is 4.98 Å². The lowest BCUT2D eigenvalue weighted by molar-refractivity contribution is 0.0935. The average molecular weight is 413 g/mol. The predicted molar refractivity (Wildman–Crippen MR) is 112 cm³/mol. The van der Waals surface area contributed by atoms with Crippen LogP contribution in [0.15, 0.2) is 42.2 Å². The van der Waals surface area contributed by atoms with Crippen molar-refractivity contribution in [3.63, 3.8) is 0 Å². The number of thiazole rings is 1. The van der Waals surface area contributed by atoms with Crippen molar-refractivity contribution in [3.8, 4) is 22.2 Å². The minimum absolute atomic E-state index is 0.225. The molecule has 152 valence electrons. The van der Waals surface area contributed by atoms with Crippen LogP contribution in [-0.4, -0.2) is 34.6 Å². The number of aromatic nitrogens is 3. The van der Waals surface area contributed by atoms with Crippen LogP contribution in [0.25, 0.3) is 10.7 Å². The van der Waals surface area contributed by atoms with Gasteiger partial charge in [-0.15, -0.1) is 11.3 Å². The highest BCUT2D eigenvalue weighted by atomic mass is 32.1. The molecule has 1 amide bonds. The smallest absolute Gasteiger partial charge is 0.271 e. The van der Waals surface area contributed by atoms with Crippen molar-refractivity contribution < 1.29 is 14.3 Å². The molecular weight excluding hydrogens is 388 g/mol. The summed E-state index contributed by atoms with van der Waals surface area (Å²) in [7, 11) is 1.61. The summed E-state index contributed by atoms with van der Waals surface area (Å²) in [5.74, 6) is 1.50. The van der Waals surface area contributed by atoms with Gasteiger partial charge in [0.25, 0.3) is 5.91 Å². The summed E-state index contributed by atoms with van der Waals surface area (Å²) < 4.78 is 11.2. The molecule has 29 heavy (non-hydrogen) atoms. The quantitative estimate of drug-likeness (QED) is 0.599. The fraction of sp³-hybridized carbons (Fsp3) is 0.333. The van der Waals surface area contributed by atoms with E-state index in [4.69, 9.17) is 9.47 Å². The number of ether oxygens (including phenoxy) is 2. The van der Waals surface area contributed by atoms with E-state index in [1.807, 2.05) is 25.1 Å². The van der Waals surface area contributed by atoms with Gasteiger partial charge in [-0.1, -0.05) is 19.9 Å². The van der Waals surface area contributed by atoms with Crippen molar-refractivity contribution in [1.29, 1.82) is 0 Å². The van der Waals surface area contributed by atoms with E-state index in [2.05, 4.69) is 34.1 Å². The molecule has 1 N–H and O–H groups in total. The van der Waals surface area contributed by atoms with Crippen LogP contribution >= 0.6 is 11.3 Å². The first kappa shape index (κ1) is 20.7. The first-order chi connectivity index (χ1) is 14.0. The molecule has 0 saturated heterocycles. The Balaban J connectivity index is 1.69. The Bertz CT molecular complexity index is 960. The number of carbonyl (C=O) groups excluding carboxylic acids is 1. The highest BCUT2D eigenvalue weighted by Gasteiger charge is 2.17. The highest BCUT2D eigenvalue weighted by Crippen LogP contribution is 2.31. The number of methoxy groups -OCH3 is 1. The lowest BCUT2D eigenvalue weighted by atomic mass is 10.1. The molecular formula is C21H24N4O3S. The Morgan fingerprint density at radius 3 is 2.72 bits per heavy atom. The van der Waals surface area contributed by atoms with Crippen LogP contribution in [0.2, 0.25) is 0 Å². The molecule has 1 unspecified atom stereocenters. The third-order valence-corrected chi connectivity index (χ3v) is 4.99. The van der Waals surface area contributed by atoms with Gasteiger partial charge < -0.3 is 14.8 Å². The van der Waals surface area contributed by atoms with Crippen LogP contribution in [0.5, 0.6) is 11.5 Å². The van der Waals surface area contributed by atoms with Crippen LogP contribution in [0, 0.1) is 5.92 Å². The molecule has 0 radical (unpaired) electrons. The van der Waals surface area contributed by atoms with Crippen LogP contribution in [0.3, 0.4) is 0 Å². The molecule has 0 saturated carbocycles. The molecule has 1 aromatic carbocycles. The number of carbonyl (C=O) groups is 1. The molecule has 0 aliphatic rings. The fourth-order valence-electron chi connectivity index (χ4n) is 2.59. The lowest BCUT2D eigenvalue weighted by Gasteiger charge is -2.17. The Morgan fingerprint density at radius 1 is 1.21 bits per heavy atom. The van der Waals surface area contributed by atoms with Gasteiger partial charge >= 0.3 is 0 Å². The number of hydrogen-bond acceptors (Lipinski definition) is 7. The van der Waals surface area contributed by atoms with Crippen molar-refractivity contribution in [3.05, 3.63) is 53.4 Å². The van der Waals surface area contributed by atoms with Gasteiger partial charge in [0.2, 0.25) is 0 Å². The molecule has 0 aliphatic heterocycles. The second-order valence-electron chi connectivity index (χ2n) is 6.94. The number of nitrogens with zero attached hydrogens (tertiary/aromatic N) is 3. The van der Waals surface area contributed by atoms with E-state index in [0.29, 0.717) is 40.4 Å².